The van der Waals surface area contributed by atoms with Crippen LogP contribution in [-0.4, -0.2) is 41.6 Å². The molecule has 2 unspecified atom stereocenters. The van der Waals surface area contributed by atoms with Gasteiger partial charge in [-0.05, 0) is 31.4 Å². The predicted octanol–water partition coefficient (Wildman–Crippen LogP) is 2.20. The summed E-state index contributed by atoms with van der Waals surface area (Å²) in [6, 6.07) is 3.93. The van der Waals surface area contributed by atoms with Crippen LogP contribution in [0.15, 0.2) is 24.5 Å². The van der Waals surface area contributed by atoms with Gasteiger partial charge in [0.15, 0.2) is 0 Å². The van der Waals surface area contributed by atoms with Gasteiger partial charge in [0.2, 0.25) is 10.0 Å². The molecule has 2 atom stereocenters. The molecule has 2 saturated heterocycles. The van der Waals surface area contributed by atoms with Crippen LogP contribution in [-0.2, 0) is 10.0 Å². The first-order chi connectivity index (χ1) is 10.1. The van der Waals surface area contributed by atoms with Crippen LogP contribution in [0.4, 0.5) is 0 Å². The molecule has 0 N–H and O–H groups in total. The van der Waals surface area contributed by atoms with Gasteiger partial charge in [0.25, 0.3) is 0 Å². The van der Waals surface area contributed by atoms with E-state index in [4.69, 9.17) is 4.74 Å². The highest BCUT2D eigenvalue weighted by Crippen LogP contribution is 2.39. The fourth-order valence-corrected chi connectivity index (χ4v) is 5.63. The molecule has 1 aromatic rings. The van der Waals surface area contributed by atoms with Crippen molar-refractivity contribution in [3.05, 3.63) is 24.5 Å². The van der Waals surface area contributed by atoms with Gasteiger partial charge in [0.05, 0.1) is 5.75 Å². The smallest absolute Gasteiger partial charge is 0.214 e. The number of hydrogen-bond acceptors (Lipinski definition) is 4. The summed E-state index contributed by atoms with van der Waals surface area (Å²) in [6.45, 7) is 1.92. The Morgan fingerprint density at radius 1 is 1.24 bits per heavy atom. The molecule has 2 aliphatic rings. The molecule has 2 aliphatic heterocycles. The Morgan fingerprint density at radius 3 is 2.43 bits per heavy atom. The van der Waals surface area contributed by atoms with Crippen LogP contribution in [0, 0.1) is 0 Å². The molecule has 5 nitrogen and oxygen atoms in total. The van der Waals surface area contributed by atoms with Crippen molar-refractivity contribution >= 4 is 10.0 Å². The minimum absolute atomic E-state index is 0.109. The maximum atomic E-state index is 12.4. The SMILES string of the molecule is CCCS(=O)(=O)N1C2CCC1CC(Oc1ccncc1)C2. The van der Waals surface area contributed by atoms with Crippen LogP contribution < -0.4 is 4.74 Å². The van der Waals surface area contributed by atoms with Crippen LogP contribution in [0.3, 0.4) is 0 Å². The van der Waals surface area contributed by atoms with Crippen molar-refractivity contribution in [2.75, 3.05) is 5.75 Å². The summed E-state index contributed by atoms with van der Waals surface area (Å²) in [4.78, 5) is 3.98. The molecule has 116 valence electrons. The number of nitrogens with zero attached hydrogens (tertiary/aromatic N) is 2. The van der Waals surface area contributed by atoms with Gasteiger partial charge in [-0.2, -0.15) is 4.31 Å². The Morgan fingerprint density at radius 2 is 1.86 bits per heavy atom. The van der Waals surface area contributed by atoms with Crippen LogP contribution in [0.25, 0.3) is 0 Å². The largest absolute Gasteiger partial charge is 0.490 e. The van der Waals surface area contributed by atoms with Crippen molar-refractivity contribution in [2.45, 2.75) is 57.2 Å². The maximum absolute atomic E-state index is 12.4. The van der Waals surface area contributed by atoms with Crippen LogP contribution >= 0.6 is 0 Å². The summed E-state index contributed by atoms with van der Waals surface area (Å²) in [5.41, 5.74) is 0. The zero-order chi connectivity index (χ0) is 14.9. The molecule has 21 heavy (non-hydrogen) atoms. The zero-order valence-electron chi connectivity index (χ0n) is 12.3. The van der Waals surface area contributed by atoms with Crippen molar-refractivity contribution < 1.29 is 13.2 Å². The van der Waals surface area contributed by atoms with E-state index in [2.05, 4.69) is 4.98 Å². The maximum Gasteiger partial charge on any atom is 0.214 e. The molecule has 0 spiro atoms. The Kier molecular flexibility index (Phi) is 4.17. The van der Waals surface area contributed by atoms with E-state index < -0.39 is 10.0 Å². The summed E-state index contributed by atoms with van der Waals surface area (Å²) in [5.74, 6) is 1.08. The predicted molar refractivity (Wildman–Crippen MR) is 80.6 cm³/mol. The lowest BCUT2D eigenvalue weighted by atomic mass is 10.0. The molecule has 6 heteroatoms. The molecule has 0 amide bonds. The van der Waals surface area contributed by atoms with Gasteiger partial charge in [0, 0.05) is 37.3 Å². The fourth-order valence-electron chi connectivity index (χ4n) is 3.61. The van der Waals surface area contributed by atoms with Gasteiger partial charge < -0.3 is 4.74 Å². The van der Waals surface area contributed by atoms with E-state index >= 15 is 0 Å². The van der Waals surface area contributed by atoms with Gasteiger partial charge >= 0.3 is 0 Å². The quantitative estimate of drug-likeness (QED) is 0.836. The highest BCUT2D eigenvalue weighted by atomic mass is 32.2. The van der Waals surface area contributed by atoms with E-state index in [1.807, 2.05) is 19.1 Å². The summed E-state index contributed by atoms with van der Waals surface area (Å²) >= 11 is 0. The second-order valence-corrected chi connectivity index (χ2v) is 7.92. The van der Waals surface area contributed by atoms with E-state index in [9.17, 15) is 8.42 Å². The lowest BCUT2D eigenvalue weighted by Crippen LogP contribution is -2.49. The van der Waals surface area contributed by atoms with E-state index in [-0.39, 0.29) is 23.9 Å². The Bertz CT molecular complexity index is 562. The van der Waals surface area contributed by atoms with Crippen molar-refractivity contribution in [1.29, 1.82) is 0 Å². The summed E-state index contributed by atoms with van der Waals surface area (Å²) in [7, 11) is -3.10. The van der Waals surface area contributed by atoms with E-state index in [0.29, 0.717) is 6.42 Å². The van der Waals surface area contributed by atoms with Crippen molar-refractivity contribution in [2.24, 2.45) is 0 Å². The molecule has 3 heterocycles. The molecule has 2 bridgehead atoms. The third-order valence-electron chi connectivity index (χ3n) is 4.36. The number of sulfonamides is 1. The summed E-state index contributed by atoms with van der Waals surface area (Å²) < 4.78 is 32.6. The molecular formula is C15H22N2O3S. The Labute approximate surface area is 126 Å². The number of rotatable bonds is 5. The third-order valence-corrected chi connectivity index (χ3v) is 6.52. The van der Waals surface area contributed by atoms with E-state index in [0.717, 1.165) is 31.4 Å². The highest BCUT2D eigenvalue weighted by Gasteiger charge is 2.46. The first-order valence-corrected chi connectivity index (χ1v) is 9.29. The number of hydrogen-bond donors (Lipinski definition) is 0. The lowest BCUT2D eigenvalue weighted by Gasteiger charge is -2.37. The topological polar surface area (TPSA) is 59.5 Å². The molecule has 3 rings (SSSR count). The first-order valence-electron chi connectivity index (χ1n) is 7.68. The van der Waals surface area contributed by atoms with Gasteiger partial charge in [-0.3, -0.25) is 4.98 Å². The fraction of sp³-hybridized carbons (Fsp3) is 0.667. The minimum Gasteiger partial charge on any atom is -0.490 e. The van der Waals surface area contributed by atoms with Crippen LogP contribution in [0.2, 0.25) is 0 Å². The van der Waals surface area contributed by atoms with E-state index in [1.54, 1.807) is 16.7 Å². The molecule has 0 aliphatic carbocycles. The van der Waals surface area contributed by atoms with Crippen LogP contribution in [0.1, 0.15) is 39.0 Å². The number of pyridine rings is 1. The first kappa shape index (κ1) is 14.8. The lowest BCUT2D eigenvalue weighted by molar-refractivity contribution is 0.0956. The molecule has 0 aromatic carbocycles. The zero-order valence-corrected chi connectivity index (χ0v) is 13.1. The van der Waals surface area contributed by atoms with Gasteiger partial charge in [-0.25, -0.2) is 8.42 Å². The molecule has 2 fully saturated rings. The van der Waals surface area contributed by atoms with Crippen LogP contribution in [0.5, 0.6) is 5.75 Å². The number of fused-ring (bicyclic) bond motifs is 2. The second kappa shape index (κ2) is 5.93. The Balaban J connectivity index is 1.69. The number of piperidine rings is 1. The standard InChI is InChI=1S/C15H22N2O3S/c1-2-9-21(18,19)17-12-3-4-13(17)11-15(10-12)20-14-5-7-16-8-6-14/h5-8,12-13,15H,2-4,9-11H2,1H3. The third kappa shape index (κ3) is 3.06. The number of ether oxygens (including phenoxy) is 1. The van der Waals surface area contributed by atoms with Crippen molar-refractivity contribution in [3.8, 4) is 5.75 Å². The minimum atomic E-state index is -3.10. The average Bonchev–Trinajstić information content (AvgIpc) is 2.73. The molecule has 1 aromatic heterocycles. The molecule has 0 radical (unpaired) electrons. The van der Waals surface area contributed by atoms with Gasteiger partial charge in [0.1, 0.15) is 11.9 Å². The van der Waals surface area contributed by atoms with Crippen molar-refractivity contribution in [3.63, 3.8) is 0 Å². The van der Waals surface area contributed by atoms with Gasteiger partial charge in [-0.1, -0.05) is 6.92 Å². The normalized spacial score (nSPS) is 29.5. The monoisotopic (exact) mass is 310 g/mol. The average molecular weight is 310 g/mol. The Hall–Kier alpha value is -1.14. The summed E-state index contributed by atoms with van der Waals surface area (Å²) in [6.07, 6.45) is 7.72. The van der Waals surface area contributed by atoms with E-state index in [1.165, 1.54) is 0 Å². The number of aromatic nitrogens is 1. The second-order valence-electron chi connectivity index (χ2n) is 5.93. The molecule has 0 saturated carbocycles. The summed E-state index contributed by atoms with van der Waals surface area (Å²) in [5, 5.41) is 0. The highest BCUT2D eigenvalue weighted by molar-refractivity contribution is 7.89. The molecular weight excluding hydrogens is 288 g/mol. The van der Waals surface area contributed by atoms with Gasteiger partial charge in [-0.15, -0.1) is 0 Å². The van der Waals surface area contributed by atoms with Crippen molar-refractivity contribution in [1.82, 2.24) is 9.29 Å².